The summed E-state index contributed by atoms with van der Waals surface area (Å²) in [6.07, 6.45) is 4.47. The third-order valence-corrected chi connectivity index (χ3v) is 3.40. The lowest BCUT2D eigenvalue weighted by Crippen LogP contribution is -2.13. The third kappa shape index (κ3) is 3.29. The average Bonchev–Trinajstić information content (AvgIpc) is 2.98. The smallest absolute Gasteiger partial charge is 0.316 e. The van der Waals surface area contributed by atoms with Gasteiger partial charge in [0.1, 0.15) is 11.7 Å². The summed E-state index contributed by atoms with van der Waals surface area (Å²) in [5, 5.41) is 0. The Bertz CT molecular complexity index is 542. The third-order valence-electron chi connectivity index (χ3n) is 3.40. The molecule has 0 aliphatic carbocycles. The lowest BCUT2D eigenvalue weighted by Gasteiger charge is -2.11. The Labute approximate surface area is 119 Å². The van der Waals surface area contributed by atoms with Crippen LogP contribution >= 0.6 is 0 Å². The number of unbranched alkanes of at least 4 members (excludes halogenated alkanes) is 1. The van der Waals surface area contributed by atoms with Crippen molar-refractivity contribution >= 4 is 5.97 Å². The molecule has 0 amide bonds. The second-order valence-corrected chi connectivity index (χ2v) is 4.82. The molecule has 2 aromatic rings. The number of carbonyl (C=O) groups is 1. The van der Waals surface area contributed by atoms with Crippen LogP contribution in [0.15, 0.2) is 47.1 Å². The van der Waals surface area contributed by atoms with Gasteiger partial charge >= 0.3 is 5.97 Å². The molecular formula is C17H20O3. The van der Waals surface area contributed by atoms with Crippen LogP contribution in [0.25, 0.3) is 11.1 Å². The van der Waals surface area contributed by atoms with Crippen molar-refractivity contribution in [1.29, 1.82) is 0 Å². The molecule has 3 heteroatoms. The molecule has 0 aliphatic rings. The number of hydrogen-bond acceptors (Lipinski definition) is 3. The molecule has 1 aromatic heterocycles. The van der Waals surface area contributed by atoms with Gasteiger partial charge in [-0.05, 0) is 18.1 Å². The van der Waals surface area contributed by atoms with Gasteiger partial charge in [0.25, 0.3) is 0 Å². The summed E-state index contributed by atoms with van der Waals surface area (Å²) in [5.74, 6) is 0.147. The summed E-state index contributed by atoms with van der Waals surface area (Å²) in [5.41, 5.74) is 2.08. The maximum atomic E-state index is 11.9. The Balaban J connectivity index is 2.22. The largest absolute Gasteiger partial charge is 0.468 e. The van der Waals surface area contributed by atoms with Gasteiger partial charge in [-0.1, -0.05) is 50.1 Å². The van der Waals surface area contributed by atoms with Gasteiger partial charge in [0.05, 0.1) is 13.4 Å². The number of esters is 1. The Morgan fingerprint density at radius 2 is 2.00 bits per heavy atom. The van der Waals surface area contributed by atoms with Crippen molar-refractivity contribution in [1.82, 2.24) is 0 Å². The van der Waals surface area contributed by atoms with Gasteiger partial charge in [-0.2, -0.15) is 0 Å². The zero-order valence-corrected chi connectivity index (χ0v) is 12.0. The van der Waals surface area contributed by atoms with Gasteiger partial charge in [-0.3, -0.25) is 4.79 Å². The highest BCUT2D eigenvalue weighted by molar-refractivity contribution is 5.78. The van der Waals surface area contributed by atoms with Crippen LogP contribution in [0.5, 0.6) is 0 Å². The molecule has 0 N–H and O–H groups in total. The SMILES string of the molecule is CCCCC(C(=O)OC)c1cc(-c2ccccc2)co1. The lowest BCUT2D eigenvalue weighted by atomic mass is 9.98. The molecule has 1 aromatic carbocycles. The van der Waals surface area contributed by atoms with Gasteiger partial charge in [0.2, 0.25) is 0 Å². The molecule has 2 rings (SSSR count). The highest BCUT2D eigenvalue weighted by Gasteiger charge is 2.24. The normalized spacial score (nSPS) is 12.1. The molecule has 106 valence electrons. The summed E-state index contributed by atoms with van der Waals surface area (Å²) in [4.78, 5) is 11.9. The highest BCUT2D eigenvalue weighted by atomic mass is 16.5. The molecule has 20 heavy (non-hydrogen) atoms. The first-order valence-corrected chi connectivity index (χ1v) is 6.98. The Hall–Kier alpha value is -2.03. The van der Waals surface area contributed by atoms with Crippen molar-refractivity contribution in [2.75, 3.05) is 7.11 Å². The quantitative estimate of drug-likeness (QED) is 0.732. The number of benzene rings is 1. The summed E-state index contributed by atoms with van der Waals surface area (Å²) < 4.78 is 10.5. The Morgan fingerprint density at radius 3 is 2.65 bits per heavy atom. The maximum absolute atomic E-state index is 11.9. The van der Waals surface area contributed by atoms with Crippen LogP contribution < -0.4 is 0 Å². The van der Waals surface area contributed by atoms with E-state index in [9.17, 15) is 4.79 Å². The fourth-order valence-corrected chi connectivity index (χ4v) is 2.24. The molecule has 3 nitrogen and oxygen atoms in total. The number of rotatable bonds is 6. The predicted octanol–water partition coefficient (Wildman–Crippen LogP) is 4.39. The van der Waals surface area contributed by atoms with Gasteiger partial charge in [0, 0.05) is 5.56 Å². The Kier molecular flexibility index (Phi) is 4.99. The average molecular weight is 272 g/mol. The van der Waals surface area contributed by atoms with Gasteiger partial charge in [-0.15, -0.1) is 0 Å². The first-order chi connectivity index (χ1) is 9.76. The van der Waals surface area contributed by atoms with Crippen LogP contribution in [0.1, 0.15) is 37.9 Å². The minimum absolute atomic E-state index is 0.229. The van der Waals surface area contributed by atoms with Gasteiger partial charge in [-0.25, -0.2) is 0 Å². The summed E-state index contributed by atoms with van der Waals surface area (Å²) >= 11 is 0. The van der Waals surface area contributed by atoms with Crippen LogP contribution in [0.2, 0.25) is 0 Å². The fourth-order valence-electron chi connectivity index (χ4n) is 2.24. The van der Waals surface area contributed by atoms with E-state index in [-0.39, 0.29) is 11.9 Å². The molecule has 1 unspecified atom stereocenters. The van der Waals surface area contributed by atoms with Crippen LogP contribution in [0, 0.1) is 0 Å². The minimum Gasteiger partial charge on any atom is -0.468 e. The number of furan rings is 1. The molecule has 1 heterocycles. The number of ether oxygens (including phenoxy) is 1. The van der Waals surface area contributed by atoms with Crippen LogP contribution in [0.3, 0.4) is 0 Å². The zero-order valence-electron chi connectivity index (χ0n) is 12.0. The summed E-state index contributed by atoms with van der Waals surface area (Å²) in [6, 6.07) is 11.9. The monoisotopic (exact) mass is 272 g/mol. The van der Waals surface area contributed by atoms with Gasteiger partial charge in [0.15, 0.2) is 0 Å². The van der Waals surface area contributed by atoms with Gasteiger partial charge < -0.3 is 9.15 Å². The number of carbonyl (C=O) groups excluding carboxylic acids is 1. The van der Waals surface area contributed by atoms with Crippen LogP contribution in [-0.4, -0.2) is 13.1 Å². The van der Waals surface area contributed by atoms with Crippen molar-refractivity contribution in [2.24, 2.45) is 0 Å². The van der Waals surface area contributed by atoms with E-state index in [4.69, 9.17) is 9.15 Å². The molecule has 0 saturated heterocycles. The topological polar surface area (TPSA) is 39.4 Å². The van der Waals surface area contributed by atoms with E-state index in [1.165, 1.54) is 7.11 Å². The molecule has 1 atom stereocenters. The lowest BCUT2D eigenvalue weighted by molar-refractivity contribution is -0.143. The first kappa shape index (κ1) is 14.4. The van der Waals surface area contributed by atoms with Crippen molar-refractivity contribution in [3.05, 3.63) is 48.4 Å². The number of methoxy groups -OCH3 is 1. The van der Waals surface area contributed by atoms with E-state index in [2.05, 4.69) is 6.92 Å². The maximum Gasteiger partial charge on any atom is 0.316 e. The van der Waals surface area contributed by atoms with Crippen molar-refractivity contribution < 1.29 is 13.9 Å². The second kappa shape index (κ2) is 6.94. The van der Waals surface area contributed by atoms with Crippen molar-refractivity contribution in [3.8, 4) is 11.1 Å². The molecular weight excluding hydrogens is 252 g/mol. The second-order valence-electron chi connectivity index (χ2n) is 4.82. The highest BCUT2D eigenvalue weighted by Crippen LogP contribution is 2.29. The summed E-state index contributed by atoms with van der Waals surface area (Å²) in [6.45, 7) is 2.10. The molecule has 0 saturated carbocycles. The molecule has 0 bridgehead atoms. The molecule has 0 spiro atoms. The molecule has 0 fully saturated rings. The fraction of sp³-hybridized carbons (Fsp3) is 0.353. The van der Waals surface area contributed by atoms with Crippen molar-refractivity contribution in [2.45, 2.75) is 32.1 Å². The minimum atomic E-state index is -0.308. The van der Waals surface area contributed by atoms with E-state index < -0.39 is 0 Å². The van der Waals surface area contributed by atoms with E-state index >= 15 is 0 Å². The van der Waals surface area contributed by atoms with E-state index in [1.807, 2.05) is 36.4 Å². The first-order valence-electron chi connectivity index (χ1n) is 6.98. The zero-order chi connectivity index (χ0) is 14.4. The molecule has 0 aliphatic heterocycles. The van der Waals surface area contributed by atoms with E-state index in [0.717, 1.165) is 30.4 Å². The predicted molar refractivity (Wildman–Crippen MR) is 78.4 cm³/mol. The number of hydrogen-bond donors (Lipinski definition) is 0. The van der Waals surface area contributed by atoms with E-state index in [1.54, 1.807) is 6.26 Å². The summed E-state index contributed by atoms with van der Waals surface area (Å²) in [7, 11) is 1.42. The van der Waals surface area contributed by atoms with Crippen LogP contribution in [-0.2, 0) is 9.53 Å². The van der Waals surface area contributed by atoms with Crippen molar-refractivity contribution in [3.63, 3.8) is 0 Å². The standard InChI is InChI=1S/C17H20O3/c1-3-4-10-15(17(18)19-2)16-11-14(12-20-16)13-8-6-5-7-9-13/h5-9,11-12,15H,3-4,10H2,1-2H3. The van der Waals surface area contributed by atoms with E-state index in [0.29, 0.717) is 5.76 Å². The molecule has 0 radical (unpaired) electrons. The van der Waals surface area contributed by atoms with Crippen LogP contribution in [0.4, 0.5) is 0 Å². The Morgan fingerprint density at radius 1 is 1.25 bits per heavy atom.